The molecule has 0 aromatic heterocycles. The number of ketones is 1. The highest BCUT2D eigenvalue weighted by atomic mass is 16.6. The largest absolute Gasteiger partial charge is 0.370 e. The van der Waals surface area contributed by atoms with Crippen molar-refractivity contribution in [1.82, 2.24) is 0 Å². The lowest BCUT2D eigenvalue weighted by Gasteiger charge is -2.54. The molecule has 1 heterocycles. The van der Waals surface area contributed by atoms with Crippen molar-refractivity contribution < 1.29 is 9.53 Å². The van der Waals surface area contributed by atoms with Gasteiger partial charge in [-0.1, -0.05) is 6.92 Å². The van der Waals surface area contributed by atoms with Gasteiger partial charge in [-0.25, -0.2) is 0 Å². The lowest BCUT2D eigenvalue weighted by molar-refractivity contribution is -0.133. The summed E-state index contributed by atoms with van der Waals surface area (Å²) in [6.07, 6.45) is 11.5. The Morgan fingerprint density at radius 1 is 1.00 bits per heavy atom. The molecule has 4 saturated carbocycles. The van der Waals surface area contributed by atoms with E-state index in [1.807, 2.05) is 0 Å². The average molecular weight is 288 g/mol. The second-order valence-electron chi connectivity index (χ2n) is 9.07. The van der Waals surface area contributed by atoms with Gasteiger partial charge in [0.1, 0.15) is 5.78 Å². The van der Waals surface area contributed by atoms with E-state index in [0.717, 1.165) is 42.6 Å². The molecule has 21 heavy (non-hydrogen) atoms. The van der Waals surface area contributed by atoms with Crippen molar-refractivity contribution in [2.24, 2.45) is 35.0 Å². The Hall–Kier alpha value is -0.370. The number of rotatable bonds is 0. The number of carbonyl (C=O) groups excluding carboxylic acids is 1. The zero-order valence-corrected chi connectivity index (χ0v) is 13.3. The highest BCUT2D eigenvalue weighted by Crippen LogP contribution is 2.63. The third kappa shape index (κ3) is 1.72. The summed E-state index contributed by atoms with van der Waals surface area (Å²) in [5, 5.41) is 0. The van der Waals surface area contributed by atoms with Crippen LogP contribution in [0.25, 0.3) is 0 Å². The van der Waals surface area contributed by atoms with E-state index in [1.54, 1.807) is 0 Å². The summed E-state index contributed by atoms with van der Waals surface area (Å²) in [4.78, 5) is 12.4. The van der Waals surface area contributed by atoms with E-state index in [2.05, 4.69) is 6.92 Å². The molecule has 4 aliphatic carbocycles. The number of hydrogen-bond acceptors (Lipinski definition) is 2. The number of fused-ring (bicyclic) bond motifs is 5. The van der Waals surface area contributed by atoms with Gasteiger partial charge in [0.2, 0.25) is 0 Å². The molecule has 0 unspecified atom stereocenters. The lowest BCUT2D eigenvalue weighted by Crippen LogP contribution is -2.49. The van der Waals surface area contributed by atoms with Crippen molar-refractivity contribution in [1.29, 1.82) is 0 Å². The fourth-order valence-corrected chi connectivity index (χ4v) is 7.08. The maximum Gasteiger partial charge on any atom is 0.139 e. The minimum absolute atomic E-state index is 0.0590. The second kappa shape index (κ2) is 4.13. The molecular weight excluding hydrogens is 260 g/mol. The zero-order chi connectivity index (χ0) is 14.2. The first-order valence-electron chi connectivity index (χ1n) is 9.29. The minimum Gasteiger partial charge on any atom is -0.370 e. The molecular formula is C19H28O2. The van der Waals surface area contributed by atoms with Crippen LogP contribution in [0.4, 0.5) is 0 Å². The summed E-state index contributed by atoms with van der Waals surface area (Å²) in [6, 6.07) is 0. The standard InChI is InChI=1S/C19H28O2/c1-18-8-6-14-13-7-9-19(11-21-19)10-12(13)2-3-15(14)16(18)4-5-17(18)20/h12-16H,2-11H2,1H3/t12-,13+,14-,15-,16+,18+,19+/m1/s1. The summed E-state index contributed by atoms with van der Waals surface area (Å²) >= 11 is 0. The Bertz CT molecular complexity index is 480. The number of hydrogen-bond donors (Lipinski definition) is 0. The Morgan fingerprint density at radius 2 is 1.81 bits per heavy atom. The highest BCUT2D eigenvalue weighted by Gasteiger charge is 2.59. The van der Waals surface area contributed by atoms with E-state index in [-0.39, 0.29) is 5.41 Å². The van der Waals surface area contributed by atoms with Crippen LogP contribution in [0.2, 0.25) is 0 Å². The van der Waals surface area contributed by atoms with Gasteiger partial charge in [-0.3, -0.25) is 4.79 Å². The van der Waals surface area contributed by atoms with Crippen LogP contribution in [0.3, 0.4) is 0 Å². The van der Waals surface area contributed by atoms with Crippen LogP contribution in [0, 0.1) is 35.0 Å². The van der Waals surface area contributed by atoms with Crippen LogP contribution in [-0.2, 0) is 9.53 Å². The lowest BCUT2D eigenvalue weighted by atomic mass is 9.50. The van der Waals surface area contributed by atoms with Crippen LogP contribution in [0.5, 0.6) is 0 Å². The molecule has 1 spiro atoms. The fraction of sp³-hybridized carbons (Fsp3) is 0.947. The minimum atomic E-state index is 0.0590. The predicted octanol–water partition coefficient (Wildman–Crippen LogP) is 3.98. The van der Waals surface area contributed by atoms with E-state index >= 15 is 0 Å². The summed E-state index contributed by atoms with van der Waals surface area (Å²) < 4.78 is 5.78. The fourth-order valence-electron chi connectivity index (χ4n) is 7.08. The van der Waals surface area contributed by atoms with E-state index in [9.17, 15) is 4.79 Å². The monoisotopic (exact) mass is 288 g/mol. The smallest absolute Gasteiger partial charge is 0.139 e. The number of Topliss-reactive ketones (excluding diaryl/α,β-unsaturated/α-hetero) is 1. The summed E-state index contributed by atoms with van der Waals surface area (Å²) in [5.41, 5.74) is 0.393. The van der Waals surface area contributed by atoms with Gasteiger partial charge in [-0.05, 0) is 81.0 Å². The molecule has 116 valence electrons. The molecule has 0 amide bonds. The topological polar surface area (TPSA) is 29.6 Å². The second-order valence-corrected chi connectivity index (χ2v) is 9.07. The van der Waals surface area contributed by atoms with Crippen molar-refractivity contribution in [2.75, 3.05) is 6.61 Å². The molecule has 1 aliphatic heterocycles. The van der Waals surface area contributed by atoms with Gasteiger partial charge < -0.3 is 4.74 Å². The third-order valence-electron chi connectivity index (χ3n) is 8.35. The Kier molecular flexibility index (Phi) is 2.58. The van der Waals surface area contributed by atoms with Gasteiger partial charge in [-0.15, -0.1) is 0 Å². The molecule has 2 heteroatoms. The van der Waals surface area contributed by atoms with Gasteiger partial charge in [0.05, 0.1) is 12.2 Å². The third-order valence-corrected chi connectivity index (χ3v) is 8.35. The molecule has 5 aliphatic rings. The van der Waals surface area contributed by atoms with Crippen molar-refractivity contribution in [3.8, 4) is 0 Å². The highest BCUT2D eigenvalue weighted by molar-refractivity contribution is 5.87. The normalized spacial score (nSPS) is 58.5. The zero-order valence-electron chi connectivity index (χ0n) is 13.3. The van der Waals surface area contributed by atoms with Crippen LogP contribution in [-0.4, -0.2) is 18.0 Å². The first kappa shape index (κ1) is 13.1. The van der Waals surface area contributed by atoms with Crippen LogP contribution < -0.4 is 0 Å². The van der Waals surface area contributed by atoms with Crippen molar-refractivity contribution in [2.45, 2.75) is 70.3 Å². The van der Waals surface area contributed by atoms with Gasteiger partial charge >= 0.3 is 0 Å². The summed E-state index contributed by atoms with van der Waals surface area (Å²) in [6.45, 7) is 3.34. The molecule has 0 radical (unpaired) electrons. The van der Waals surface area contributed by atoms with Crippen LogP contribution >= 0.6 is 0 Å². The molecule has 0 N–H and O–H groups in total. The molecule has 1 saturated heterocycles. The molecule has 2 nitrogen and oxygen atoms in total. The van der Waals surface area contributed by atoms with E-state index in [4.69, 9.17) is 4.74 Å². The first-order chi connectivity index (χ1) is 10.1. The summed E-state index contributed by atoms with van der Waals surface area (Å²) in [7, 11) is 0. The SMILES string of the molecule is C[C@]12CC[C@H]3[C@@H](CC[C@@H]4C[C@@]5(CC[C@@H]43)CO5)[C@@H]1CCC2=O. The Balaban J connectivity index is 1.40. The van der Waals surface area contributed by atoms with E-state index < -0.39 is 0 Å². The number of ether oxygens (including phenoxy) is 1. The van der Waals surface area contributed by atoms with Gasteiger partial charge in [0, 0.05) is 11.8 Å². The Labute approximate surface area is 128 Å². The number of carbonyl (C=O) groups is 1. The van der Waals surface area contributed by atoms with Crippen molar-refractivity contribution >= 4 is 5.78 Å². The molecule has 7 atom stereocenters. The van der Waals surface area contributed by atoms with Gasteiger partial charge in [0.25, 0.3) is 0 Å². The Morgan fingerprint density at radius 3 is 2.62 bits per heavy atom. The van der Waals surface area contributed by atoms with Crippen molar-refractivity contribution in [3.05, 3.63) is 0 Å². The van der Waals surface area contributed by atoms with E-state index in [1.165, 1.54) is 51.4 Å². The van der Waals surface area contributed by atoms with E-state index in [0.29, 0.717) is 11.4 Å². The van der Waals surface area contributed by atoms with Crippen LogP contribution in [0.1, 0.15) is 64.7 Å². The molecule has 5 fully saturated rings. The molecule has 0 bridgehead atoms. The maximum atomic E-state index is 12.4. The van der Waals surface area contributed by atoms with Crippen LogP contribution in [0.15, 0.2) is 0 Å². The van der Waals surface area contributed by atoms with Crippen molar-refractivity contribution in [3.63, 3.8) is 0 Å². The number of epoxide rings is 1. The summed E-state index contributed by atoms with van der Waals surface area (Å²) in [5.74, 6) is 5.00. The van der Waals surface area contributed by atoms with Gasteiger partial charge in [0.15, 0.2) is 0 Å². The first-order valence-corrected chi connectivity index (χ1v) is 9.29. The molecule has 0 aromatic rings. The predicted molar refractivity (Wildman–Crippen MR) is 80.8 cm³/mol. The molecule has 5 rings (SSSR count). The quantitative estimate of drug-likeness (QED) is 0.631. The maximum absolute atomic E-state index is 12.4. The van der Waals surface area contributed by atoms with Gasteiger partial charge in [-0.2, -0.15) is 0 Å². The molecule has 0 aromatic carbocycles. The average Bonchev–Trinajstić information content (AvgIpc) is 3.16.